The summed E-state index contributed by atoms with van der Waals surface area (Å²) in [7, 11) is 0. The lowest BCUT2D eigenvalue weighted by molar-refractivity contribution is -0.137. The number of anilines is 1. The lowest BCUT2D eigenvalue weighted by Crippen LogP contribution is -2.28. The molecule has 0 atom stereocenters. The Labute approximate surface area is 147 Å². The van der Waals surface area contributed by atoms with Crippen LogP contribution in [0.5, 0.6) is 5.75 Å². The molecule has 1 heterocycles. The highest BCUT2D eigenvalue weighted by atomic mass is 19.4. The number of carbonyl (C=O) groups is 2. The number of benzene rings is 1. The second kappa shape index (κ2) is 7.85. The Hall–Kier alpha value is -3.10. The van der Waals surface area contributed by atoms with E-state index in [2.05, 4.69) is 15.6 Å². The van der Waals surface area contributed by atoms with Crippen LogP contribution in [-0.4, -0.2) is 28.4 Å². The van der Waals surface area contributed by atoms with Gasteiger partial charge in [-0.1, -0.05) is 6.07 Å². The van der Waals surface area contributed by atoms with Gasteiger partial charge in [0.05, 0.1) is 11.1 Å². The van der Waals surface area contributed by atoms with Crippen LogP contribution in [0.15, 0.2) is 36.4 Å². The van der Waals surface area contributed by atoms with Crippen molar-refractivity contribution in [3.63, 3.8) is 0 Å². The molecule has 6 nitrogen and oxygen atoms in total. The normalized spacial score (nSPS) is 11.1. The van der Waals surface area contributed by atoms with Gasteiger partial charge in [0.2, 0.25) is 5.91 Å². The molecule has 0 saturated heterocycles. The van der Waals surface area contributed by atoms with E-state index in [4.69, 9.17) is 0 Å². The Bertz CT molecular complexity index is 822. The molecule has 2 aromatic rings. The van der Waals surface area contributed by atoms with E-state index in [1.54, 1.807) is 25.1 Å². The zero-order chi connectivity index (χ0) is 19.3. The van der Waals surface area contributed by atoms with Crippen molar-refractivity contribution in [2.75, 3.05) is 11.9 Å². The summed E-state index contributed by atoms with van der Waals surface area (Å²) in [6, 6.07) is 7.17. The van der Waals surface area contributed by atoms with Crippen molar-refractivity contribution >= 4 is 17.6 Å². The minimum atomic E-state index is -4.62. The van der Waals surface area contributed by atoms with Crippen molar-refractivity contribution in [2.24, 2.45) is 0 Å². The largest absolute Gasteiger partial charge is 0.507 e. The number of pyridine rings is 1. The number of rotatable bonds is 5. The van der Waals surface area contributed by atoms with E-state index < -0.39 is 23.4 Å². The van der Waals surface area contributed by atoms with Gasteiger partial charge in [-0.2, -0.15) is 13.2 Å². The number of hydrogen-bond acceptors (Lipinski definition) is 4. The van der Waals surface area contributed by atoms with Crippen LogP contribution >= 0.6 is 0 Å². The summed E-state index contributed by atoms with van der Waals surface area (Å²) in [6.45, 7) is 1.71. The van der Waals surface area contributed by atoms with Crippen molar-refractivity contribution in [1.29, 1.82) is 0 Å². The molecule has 138 valence electrons. The lowest BCUT2D eigenvalue weighted by Gasteiger charge is -2.10. The fourth-order valence-corrected chi connectivity index (χ4v) is 2.10. The third-order valence-corrected chi connectivity index (χ3v) is 3.36. The number of aromatic nitrogens is 1. The first-order chi connectivity index (χ1) is 12.2. The number of carbonyl (C=O) groups excluding carboxylic acids is 2. The van der Waals surface area contributed by atoms with Gasteiger partial charge in [0, 0.05) is 18.7 Å². The standard InChI is InChI=1S/C17H16F3N3O3/c1-10-3-2-4-14(22-10)23-15(25)7-8-21-16(26)12-6-5-11(9-13(12)24)17(18,19)20/h2-6,9,24H,7-8H2,1H3,(H,21,26)(H,22,23,25). The van der Waals surface area contributed by atoms with Gasteiger partial charge in [-0.05, 0) is 37.3 Å². The highest BCUT2D eigenvalue weighted by Gasteiger charge is 2.31. The third-order valence-electron chi connectivity index (χ3n) is 3.36. The molecule has 0 spiro atoms. The number of hydrogen-bond donors (Lipinski definition) is 3. The molecule has 3 N–H and O–H groups in total. The first-order valence-corrected chi connectivity index (χ1v) is 7.59. The zero-order valence-electron chi connectivity index (χ0n) is 13.7. The number of halogens is 3. The average Bonchev–Trinajstić information content (AvgIpc) is 2.53. The molecule has 2 rings (SSSR count). The molecule has 2 amide bonds. The SMILES string of the molecule is Cc1cccc(NC(=O)CCNC(=O)c2ccc(C(F)(F)F)cc2O)n1. The van der Waals surface area contributed by atoms with Crippen molar-refractivity contribution in [3.05, 3.63) is 53.2 Å². The second-order valence-corrected chi connectivity index (χ2v) is 5.45. The molecule has 0 radical (unpaired) electrons. The van der Waals surface area contributed by atoms with Gasteiger partial charge in [-0.3, -0.25) is 9.59 Å². The molecule has 1 aromatic carbocycles. The van der Waals surface area contributed by atoms with Crippen molar-refractivity contribution in [1.82, 2.24) is 10.3 Å². The summed E-state index contributed by atoms with van der Waals surface area (Å²) in [4.78, 5) is 27.8. The number of phenolic OH excluding ortho intramolecular Hbond substituents is 1. The molecule has 1 aromatic heterocycles. The highest BCUT2D eigenvalue weighted by molar-refractivity contribution is 5.97. The average molecular weight is 367 g/mol. The van der Waals surface area contributed by atoms with E-state index >= 15 is 0 Å². The highest BCUT2D eigenvalue weighted by Crippen LogP contribution is 2.32. The summed E-state index contributed by atoms with van der Waals surface area (Å²) in [5, 5.41) is 14.5. The minimum Gasteiger partial charge on any atom is -0.507 e. The smallest absolute Gasteiger partial charge is 0.416 e. The molecule has 0 aliphatic carbocycles. The fourth-order valence-electron chi connectivity index (χ4n) is 2.10. The zero-order valence-corrected chi connectivity index (χ0v) is 13.7. The number of nitrogens with one attached hydrogen (secondary N) is 2. The molecule has 0 bridgehead atoms. The van der Waals surface area contributed by atoms with Gasteiger partial charge in [-0.25, -0.2) is 4.98 Å². The molecule has 9 heteroatoms. The molecular formula is C17H16F3N3O3. The molecule has 0 aliphatic heterocycles. The van der Waals surface area contributed by atoms with Crippen molar-refractivity contribution in [2.45, 2.75) is 19.5 Å². The number of amides is 2. The second-order valence-electron chi connectivity index (χ2n) is 5.45. The van der Waals surface area contributed by atoms with Crippen LogP contribution in [0.4, 0.5) is 19.0 Å². The minimum absolute atomic E-state index is 0.0586. The number of aromatic hydroxyl groups is 1. The first kappa shape index (κ1) is 19.2. The molecule has 0 fully saturated rings. The maximum absolute atomic E-state index is 12.5. The summed E-state index contributed by atoms with van der Waals surface area (Å²) >= 11 is 0. The number of alkyl halides is 3. The third kappa shape index (κ3) is 5.20. The molecule has 26 heavy (non-hydrogen) atoms. The Morgan fingerprint density at radius 1 is 1.19 bits per heavy atom. The van der Waals surface area contributed by atoms with Gasteiger partial charge >= 0.3 is 6.18 Å². The van der Waals surface area contributed by atoms with E-state index in [1.807, 2.05) is 0 Å². The van der Waals surface area contributed by atoms with Crippen LogP contribution in [-0.2, 0) is 11.0 Å². The monoisotopic (exact) mass is 367 g/mol. The van der Waals surface area contributed by atoms with Gasteiger partial charge in [0.25, 0.3) is 5.91 Å². The van der Waals surface area contributed by atoms with Gasteiger partial charge in [0.1, 0.15) is 11.6 Å². The number of aryl methyl sites for hydroxylation is 1. The van der Waals surface area contributed by atoms with Crippen LogP contribution in [0.2, 0.25) is 0 Å². The van der Waals surface area contributed by atoms with E-state index in [9.17, 15) is 27.9 Å². The Balaban J connectivity index is 1.88. The molecule has 0 aliphatic rings. The van der Waals surface area contributed by atoms with Crippen LogP contribution in [0.25, 0.3) is 0 Å². The van der Waals surface area contributed by atoms with Crippen LogP contribution in [0, 0.1) is 6.92 Å². The predicted octanol–water partition coefficient (Wildman–Crippen LogP) is 2.87. The Morgan fingerprint density at radius 2 is 1.92 bits per heavy atom. The predicted molar refractivity (Wildman–Crippen MR) is 87.7 cm³/mol. The summed E-state index contributed by atoms with van der Waals surface area (Å²) in [5.74, 6) is -1.58. The van der Waals surface area contributed by atoms with Crippen molar-refractivity contribution in [3.8, 4) is 5.75 Å². The van der Waals surface area contributed by atoms with Gasteiger partial charge in [0.15, 0.2) is 0 Å². The topological polar surface area (TPSA) is 91.3 Å². The van der Waals surface area contributed by atoms with Crippen molar-refractivity contribution < 1.29 is 27.9 Å². The lowest BCUT2D eigenvalue weighted by atomic mass is 10.1. The van der Waals surface area contributed by atoms with Crippen LogP contribution < -0.4 is 10.6 Å². The van der Waals surface area contributed by atoms with Gasteiger partial charge < -0.3 is 15.7 Å². The summed E-state index contributed by atoms with van der Waals surface area (Å²) in [5.41, 5.74) is -0.635. The van der Waals surface area contributed by atoms with E-state index in [0.717, 1.165) is 11.8 Å². The maximum atomic E-state index is 12.5. The first-order valence-electron chi connectivity index (χ1n) is 7.59. The van der Waals surface area contributed by atoms with E-state index in [-0.39, 0.29) is 24.4 Å². The summed E-state index contributed by atoms with van der Waals surface area (Å²) in [6.07, 6.45) is -4.68. The number of nitrogens with zero attached hydrogens (tertiary/aromatic N) is 1. The Morgan fingerprint density at radius 3 is 2.54 bits per heavy atom. The van der Waals surface area contributed by atoms with E-state index in [0.29, 0.717) is 18.0 Å². The van der Waals surface area contributed by atoms with Gasteiger partial charge in [-0.15, -0.1) is 0 Å². The fraction of sp³-hybridized carbons (Fsp3) is 0.235. The quantitative estimate of drug-likeness (QED) is 0.758. The van der Waals surface area contributed by atoms with Crippen LogP contribution in [0.3, 0.4) is 0 Å². The molecule has 0 unspecified atom stereocenters. The maximum Gasteiger partial charge on any atom is 0.416 e. The molecular weight excluding hydrogens is 351 g/mol. The summed E-state index contributed by atoms with van der Waals surface area (Å²) < 4.78 is 37.6. The molecule has 0 saturated carbocycles. The van der Waals surface area contributed by atoms with E-state index in [1.165, 1.54) is 0 Å². The Kier molecular flexibility index (Phi) is 5.81. The van der Waals surface area contributed by atoms with Crippen LogP contribution in [0.1, 0.15) is 28.0 Å². The number of phenols is 1.